The first-order valence-corrected chi connectivity index (χ1v) is 10.1. The Balaban J connectivity index is 4.83. The lowest BCUT2D eigenvalue weighted by Gasteiger charge is -2.30. The first-order valence-electron chi connectivity index (χ1n) is 8.96. The van der Waals surface area contributed by atoms with Gasteiger partial charge in [0, 0.05) is 12.8 Å². The summed E-state index contributed by atoms with van der Waals surface area (Å²) in [6.45, 7) is 8.46. The van der Waals surface area contributed by atoms with Gasteiger partial charge >= 0.3 is 8.25 Å². The van der Waals surface area contributed by atoms with E-state index in [0.717, 1.165) is 51.4 Å². The Labute approximate surface area is 137 Å². The van der Waals surface area contributed by atoms with E-state index in [2.05, 4.69) is 27.7 Å². The summed E-state index contributed by atoms with van der Waals surface area (Å²) in [7, 11) is -3.04. The summed E-state index contributed by atoms with van der Waals surface area (Å²) in [6, 6.07) is 0. The maximum absolute atomic E-state index is 11.0. The van der Waals surface area contributed by atoms with Crippen molar-refractivity contribution in [1.29, 1.82) is 0 Å². The fourth-order valence-electron chi connectivity index (χ4n) is 3.09. The van der Waals surface area contributed by atoms with Crippen LogP contribution in [0.4, 0.5) is 0 Å². The summed E-state index contributed by atoms with van der Waals surface area (Å²) < 4.78 is 16.0. The molecule has 22 heavy (non-hydrogen) atoms. The van der Waals surface area contributed by atoms with E-state index in [-0.39, 0.29) is 0 Å². The average molecular weight is 334 g/mol. The minimum atomic E-state index is -3.04. The van der Waals surface area contributed by atoms with E-state index in [4.69, 9.17) is 4.52 Å². The van der Waals surface area contributed by atoms with Gasteiger partial charge in [0.1, 0.15) is 0 Å². The molecule has 0 radical (unpaired) electrons. The molecule has 0 aromatic carbocycles. The molecule has 132 valence electrons. The zero-order chi connectivity index (χ0) is 17.0. The van der Waals surface area contributed by atoms with Gasteiger partial charge in [0.15, 0.2) is 0 Å². The lowest BCUT2D eigenvalue weighted by atomic mass is 9.85. The molecule has 4 nitrogen and oxygen atoms in total. The van der Waals surface area contributed by atoms with E-state index in [0.29, 0.717) is 24.7 Å². The van der Waals surface area contributed by atoms with Gasteiger partial charge in [-0.2, -0.15) is 0 Å². The normalized spacial score (nSPS) is 17.8. The second kappa shape index (κ2) is 12.4. The molecule has 0 heterocycles. The Bertz CT molecular complexity index is 278. The van der Waals surface area contributed by atoms with Crippen molar-refractivity contribution in [3.63, 3.8) is 0 Å². The predicted molar refractivity (Wildman–Crippen MR) is 89.5 cm³/mol. The van der Waals surface area contributed by atoms with Gasteiger partial charge in [-0.25, -0.2) is 0 Å². The second-order valence-electron chi connectivity index (χ2n) is 6.50. The molecule has 0 saturated carbocycles. The monoisotopic (exact) mass is 334 g/mol. The molecule has 0 amide bonds. The maximum Gasteiger partial charge on any atom is 0.491 e. The molecule has 0 aliphatic rings. The molecule has 0 spiro atoms. The van der Waals surface area contributed by atoms with Crippen LogP contribution in [0.25, 0.3) is 0 Å². The number of unbranched alkanes of at least 4 members (excludes halogenated alkanes) is 2. The van der Waals surface area contributed by atoms with Crippen LogP contribution in [0.2, 0.25) is 0 Å². The topological polar surface area (TPSA) is 69.6 Å². The van der Waals surface area contributed by atoms with Gasteiger partial charge in [-0.1, -0.05) is 79.1 Å². The standard InChI is InChI=1S/C17H35O4P/c1-5-9-11-15(7-3)13-17(18,21-22(19)20)14-16(8-4)12-10-6-2/h15-16,18H,5-14H2,1-4H3. The van der Waals surface area contributed by atoms with Gasteiger partial charge in [-0.3, -0.25) is 0 Å². The minimum absolute atomic E-state index is 0.309. The molecular formula is C17H35O4P. The summed E-state index contributed by atoms with van der Waals surface area (Å²) in [4.78, 5) is 11.0. The minimum Gasteiger partial charge on any atom is -0.566 e. The first kappa shape index (κ1) is 22.0. The molecule has 0 aromatic heterocycles. The SMILES string of the molecule is CCCCC(CC)CC(O)(CC(CC)CCCC)O[P+](=O)[O-]. The number of hydrogen-bond acceptors (Lipinski definition) is 4. The zero-order valence-electron chi connectivity index (χ0n) is 14.8. The third kappa shape index (κ3) is 9.89. The molecule has 0 fully saturated rings. The first-order chi connectivity index (χ1) is 10.4. The van der Waals surface area contributed by atoms with Gasteiger partial charge in [0.25, 0.3) is 0 Å². The van der Waals surface area contributed by atoms with Crippen molar-refractivity contribution in [2.75, 3.05) is 0 Å². The van der Waals surface area contributed by atoms with Crippen LogP contribution in [0.3, 0.4) is 0 Å². The lowest BCUT2D eigenvalue weighted by molar-refractivity contribution is -0.234. The highest BCUT2D eigenvalue weighted by atomic mass is 31.1. The van der Waals surface area contributed by atoms with Crippen molar-refractivity contribution < 1.29 is 19.1 Å². The van der Waals surface area contributed by atoms with E-state index in [1.165, 1.54) is 0 Å². The Kier molecular flexibility index (Phi) is 12.4. The van der Waals surface area contributed by atoms with Crippen molar-refractivity contribution in [3.8, 4) is 0 Å². The number of rotatable bonds is 14. The Morgan fingerprint density at radius 1 is 1.00 bits per heavy atom. The van der Waals surface area contributed by atoms with Crippen LogP contribution < -0.4 is 4.89 Å². The van der Waals surface area contributed by atoms with Crippen LogP contribution >= 0.6 is 8.25 Å². The van der Waals surface area contributed by atoms with Crippen LogP contribution in [0.15, 0.2) is 0 Å². The van der Waals surface area contributed by atoms with Gasteiger partial charge < -0.3 is 10.00 Å². The summed E-state index contributed by atoms with van der Waals surface area (Å²) in [6.07, 6.45) is 9.15. The lowest BCUT2D eigenvalue weighted by Crippen LogP contribution is -2.36. The van der Waals surface area contributed by atoms with Crippen molar-refractivity contribution in [2.45, 2.75) is 97.7 Å². The van der Waals surface area contributed by atoms with E-state index < -0.39 is 14.0 Å². The fourth-order valence-corrected chi connectivity index (χ4v) is 3.51. The molecule has 1 N–H and O–H groups in total. The van der Waals surface area contributed by atoms with E-state index in [9.17, 15) is 14.6 Å². The van der Waals surface area contributed by atoms with E-state index >= 15 is 0 Å². The molecule has 5 heteroatoms. The maximum atomic E-state index is 11.0. The molecule has 0 aliphatic heterocycles. The van der Waals surface area contributed by atoms with Crippen LogP contribution in [0.1, 0.15) is 91.9 Å². The van der Waals surface area contributed by atoms with Crippen LogP contribution in [-0.4, -0.2) is 10.9 Å². The summed E-state index contributed by atoms with van der Waals surface area (Å²) in [5.41, 5.74) is 0. The largest absolute Gasteiger partial charge is 0.566 e. The van der Waals surface area contributed by atoms with E-state index in [1.807, 2.05) is 0 Å². The van der Waals surface area contributed by atoms with Crippen molar-refractivity contribution in [1.82, 2.24) is 0 Å². The Morgan fingerprint density at radius 2 is 1.41 bits per heavy atom. The van der Waals surface area contributed by atoms with Crippen LogP contribution in [-0.2, 0) is 9.09 Å². The second-order valence-corrected chi connectivity index (χ2v) is 7.13. The van der Waals surface area contributed by atoms with E-state index in [1.54, 1.807) is 0 Å². The molecule has 3 atom stereocenters. The third-order valence-corrected chi connectivity index (χ3v) is 5.04. The molecule has 0 bridgehead atoms. The van der Waals surface area contributed by atoms with Gasteiger partial charge in [0.05, 0.1) is 0 Å². The predicted octanol–water partition coefficient (Wildman–Crippen LogP) is 4.92. The fraction of sp³-hybridized carbons (Fsp3) is 1.00. The molecule has 0 aromatic rings. The molecule has 3 unspecified atom stereocenters. The number of hydrogen-bond donors (Lipinski definition) is 1. The Hall–Kier alpha value is -0.0200. The quantitative estimate of drug-likeness (QED) is 0.361. The van der Waals surface area contributed by atoms with Crippen molar-refractivity contribution in [3.05, 3.63) is 0 Å². The van der Waals surface area contributed by atoms with Crippen LogP contribution in [0.5, 0.6) is 0 Å². The third-order valence-electron chi connectivity index (χ3n) is 4.55. The average Bonchev–Trinajstić information content (AvgIpc) is 2.47. The highest BCUT2D eigenvalue weighted by Crippen LogP contribution is 2.37. The van der Waals surface area contributed by atoms with Gasteiger partial charge in [0.2, 0.25) is 5.79 Å². The van der Waals surface area contributed by atoms with Gasteiger partial charge in [-0.15, -0.1) is 4.52 Å². The van der Waals surface area contributed by atoms with Crippen molar-refractivity contribution >= 4 is 8.25 Å². The highest BCUT2D eigenvalue weighted by Gasteiger charge is 2.38. The molecule has 0 rings (SSSR count). The summed E-state index contributed by atoms with van der Waals surface area (Å²) in [5, 5.41) is 10.8. The summed E-state index contributed by atoms with van der Waals surface area (Å²) >= 11 is 0. The smallest absolute Gasteiger partial charge is 0.491 e. The van der Waals surface area contributed by atoms with Gasteiger partial charge in [-0.05, 0) is 16.4 Å². The molecule has 0 saturated heterocycles. The van der Waals surface area contributed by atoms with Crippen molar-refractivity contribution in [2.24, 2.45) is 11.8 Å². The highest BCUT2D eigenvalue weighted by molar-refractivity contribution is 7.30. The van der Waals surface area contributed by atoms with Crippen LogP contribution in [0, 0.1) is 11.8 Å². The Morgan fingerprint density at radius 3 is 1.68 bits per heavy atom. The summed E-state index contributed by atoms with van der Waals surface area (Å²) in [5.74, 6) is -0.912. The molecular weight excluding hydrogens is 299 g/mol. The zero-order valence-corrected chi connectivity index (χ0v) is 15.7. The molecule has 0 aliphatic carbocycles. The number of aliphatic hydroxyl groups is 1.